The highest BCUT2D eigenvalue weighted by molar-refractivity contribution is 5.96. The van der Waals surface area contributed by atoms with E-state index >= 15 is 0 Å². The first-order valence-electron chi connectivity index (χ1n) is 6.73. The van der Waals surface area contributed by atoms with Crippen molar-refractivity contribution in [3.05, 3.63) is 35.6 Å². The van der Waals surface area contributed by atoms with E-state index in [1.807, 2.05) is 0 Å². The standard InChI is InChI=1S/C15H21FN2O/c1-15(2)11-17-7-9-18(15)8-6-14(19)12-4-3-5-13(16)10-12/h3-5,10,17H,6-9,11H2,1-2H3. The van der Waals surface area contributed by atoms with Crippen LogP contribution >= 0.6 is 0 Å². The fraction of sp³-hybridized carbons (Fsp3) is 0.533. The number of hydrogen-bond acceptors (Lipinski definition) is 3. The molecule has 1 aromatic rings. The van der Waals surface area contributed by atoms with Gasteiger partial charge in [0.15, 0.2) is 5.78 Å². The SMILES string of the molecule is CC1(C)CNCCN1CCC(=O)c1cccc(F)c1. The second-order valence-electron chi connectivity index (χ2n) is 5.66. The quantitative estimate of drug-likeness (QED) is 0.845. The zero-order valence-electron chi connectivity index (χ0n) is 11.6. The first-order chi connectivity index (χ1) is 8.99. The van der Waals surface area contributed by atoms with Gasteiger partial charge in [-0.2, -0.15) is 0 Å². The predicted octanol–water partition coefficient (Wildman–Crippen LogP) is 2.08. The molecule has 0 radical (unpaired) electrons. The van der Waals surface area contributed by atoms with Crippen molar-refractivity contribution in [2.45, 2.75) is 25.8 Å². The first kappa shape index (κ1) is 14.2. The van der Waals surface area contributed by atoms with Crippen LogP contribution in [-0.4, -0.2) is 42.4 Å². The molecule has 1 aliphatic heterocycles. The highest BCUT2D eigenvalue weighted by Gasteiger charge is 2.29. The lowest BCUT2D eigenvalue weighted by molar-refractivity contribution is 0.0783. The number of carbonyl (C=O) groups excluding carboxylic acids is 1. The van der Waals surface area contributed by atoms with Crippen LogP contribution < -0.4 is 5.32 Å². The van der Waals surface area contributed by atoms with Gasteiger partial charge in [0.1, 0.15) is 5.82 Å². The molecule has 1 aliphatic rings. The molecule has 19 heavy (non-hydrogen) atoms. The van der Waals surface area contributed by atoms with E-state index in [0.29, 0.717) is 12.0 Å². The van der Waals surface area contributed by atoms with Crippen molar-refractivity contribution in [1.29, 1.82) is 0 Å². The van der Waals surface area contributed by atoms with Crippen LogP contribution in [0.1, 0.15) is 30.6 Å². The molecule has 0 saturated carbocycles. The molecule has 0 bridgehead atoms. The largest absolute Gasteiger partial charge is 0.314 e. The summed E-state index contributed by atoms with van der Waals surface area (Å²) in [7, 11) is 0. The summed E-state index contributed by atoms with van der Waals surface area (Å²) in [5.74, 6) is -0.345. The maximum Gasteiger partial charge on any atom is 0.164 e. The summed E-state index contributed by atoms with van der Waals surface area (Å²) in [6, 6.07) is 5.92. The number of carbonyl (C=O) groups is 1. The molecular weight excluding hydrogens is 243 g/mol. The zero-order chi connectivity index (χ0) is 13.9. The third-order valence-electron chi connectivity index (χ3n) is 3.73. The van der Waals surface area contributed by atoms with Crippen molar-refractivity contribution in [2.24, 2.45) is 0 Å². The molecule has 0 atom stereocenters. The highest BCUT2D eigenvalue weighted by atomic mass is 19.1. The number of piperazine rings is 1. The molecule has 3 nitrogen and oxygen atoms in total. The minimum absolute atomic E-state index is 0.00818. The van der Waals surface area contributed by atoms with Crippen molar-refractivity contribution < 1.29 is 9.18 Å². The molecular formula is C15H21FN2O. The molecule has 104 valence electrons. The van der Waals surface area contributed by atoms with E-state index < -0.39 is 0 Å². The van der Waals surface area contributed by atoms with Crippen LogP contribution in [0.15, 0.2) is 24.3 Å². The topological polar surface area (TPSA) is 32.3 Å². The number of nitrogens with zero attached hydrogens (tertiary/aromatic N) is 1. The fourth-order valence-corrected chi connectivity index (χ4v) is 2.48. The van der Waals surface area contributed by atoms with Gasteiger partial charge >= 0.3 is 0 Å². The lowest BCUT2D eigenvalue weighted by atomic mass is 9.99. The Labute approximate surface area is 113 Å². The maximum absolute atomic E-state index is 13.1. The summed E-state index contributed by atoms with van der Waals surface area (Å²) in [6.45, 7) is 7.91. The van der Waals surface area contributed by atoms with Crippen molar-refractivity contribution in [3.63, 3.8) is 0 Å². The molecule has 2 rings (SSSR count). The molecule has 0 amide bonds. The van der Waals surface area contributed by atoms with E-state index in [1.165, 1.54) is 12.1 Å². The van der Waals surface area contributed by atoms with Gasteiger partial charge in [-0.15, -0.1) is 0 Å². The Hall–Kier alpha value is -1.26. The molecule has 0 aliphatic carbocycles. The van der Waals surface area contributed by atoms with Crippen LogP contribution in [0, 0.1) is 5.82 Å². The van der Waals surface area contributed by atoms with E-state index in [2.05, 4.69) is 24.1 Å². The Morgan fingerprint density at radius 2 is 2.26 bits per heavy atom. The second-order valence-corrected chi connectivity index (χ2v) is 5.66. The zero-order valence-corrected chi connectivity index (χ0v) is 11.6. The number of halogens is 1. The number of benzene rings is 1. The minimum Gasteiger partial charge on any atom is -0.314 e. The van der Waals surface area contributed by atoms with E-state index in [9.17, 15) is 9.18 Å². The van der Waals surface area contributed by atoms with Gasteiger partial charge in [0, 0.05) is 43.7 Å². The number of Topliss-reactive ketones (excluding diaryl/α,β-unsaturated/α-hetero) is 1. The average molecular weight is 264 g/mol. The normalized spacial score (nSPS) is 19.3. The van der Waals surface area contributed by atoms with Gasteiger partial charge in [0.2, 0.25) is 0 Å². The van der Waals surface area contributed by atoms with Crippen molar-refractivity contribution in [1.82, 2.24) is 10.2 Å². The molecule has 1 saturated heterocycles. The average Bonchev–Trinajstić information content (AvgIpc) is 2.36. The molecule has 0 unspecified atom stereocenters. The van der Waals surface area contributed by atoms with Crippen LogP contribution in [0.3, 0.4) is 0 Å². The fourth-order valence-electron chi connectivity index (χ4n) is 2.48. The van der Waals surface area contributed by atoms with Crippen LogP contribution in [-0.2, 0) is 0 Å². The third-order valence-corrected chi connectivity index (χ3v) is 3.73. The lowest BCUT2D eigenvalue weighted by Crippen LogP contribution is -2.58. The van der Waals surface area contributed by atoms with Gasteiger partial charge in [0.25, 0.3) is 0 Å². The highest BCUT2D eigenvalue weighted by Crippen LogP contribution is 2.17. The summed E-state index contributed by atoms with van der Waals surface area (Å²) in [6.07, 6.45) is 0.437. The summed E-state index contributed by atoms with van der Waals surface area (Å²) in [5.41, 5.74) is 0.536. The van der Waals surface area contributed by atoms with Crippen molar-refractivity contribution >= 4 is 5.78 Å². The van der Waals surface area contributed by atoms with Crippen molar-refractivity contribution in [2.75, 3.05) is 26.2 Å². The summed E-state index contributed by atoms with van der Waals surface area (Å²) >= 11 is 0. The monoisotopic (exact) mass is 264 g/mol. The first-order valence-corrected chi connectivity index (χ1v) is 6.73. The Bertz CT molecular complexity index is 459. The Kier molecular flexibility index (Phi) is 4.32. The van der Waals surface area contributed by atoms with Gasteiger partial charge in [-0.1, -0.05) is 12.1 Å². The summed E-state index contributed by atoms with van der Waals surface area (Å²) < 4.78 is 13.1. The molecule has 1 fully saturated rings. The molecule has 0 spiro atoms. The van der Waals surface area contributed by atoms with Crippen molar-refractivity contribution in [3.8, 4) is 0 Å². The van der Waals surface area contributed by atoms with Gasteiger partial charge in [-0.25, -0.2) is 4.39 Å². The second kappa shape index (κ2) is 5.80. The van der Waals surface area contributed by atoms with Gasteiger partial charge in [-0.3, -0.25) is 9.69 Å². The summed E-state index contributed by atoms with van der Waals surface area (Å²) in [4.78, 5) is 14.4. The lowest BCUT2D eigenvalue weighted by Gasteiger charge is -2.42. The van der Waals surface area contributed by atoms with Gasteiger partial charge in [0.05, 0.1) is 0 Å². The number of ketones is 1. The number of rotatable bonds is 4. The van der Waals surface area contributed by atoms with E-state index in [-0.39, 0.29) is 17.1 Å². The molecule has 4 heteroatoms. The number of nitrogens with one attached hydrogen (secondary N) is 1. The van der Waals surface area contributed by atoms with Crippen LogP contribution in [0.25, 0.3) is 0 Å². The molecule has 1 N–H and O–H groups in total. The van der Waals surface area contributed by atoms with E-state index in [0.717, 1.165) is 26.2 Å². The molecule has 0 aromatic heterocycles. The summed E-state index contributed by atoms with van der Waals surface area (Å²) in [5, 5.41) is 3.36. The third kappa shape index (κ3) is 3.61. The Balaban J connectivity index is 1.93. The minimum atomic E-state index is -0.353. The van der Waals surface area contributed by atoms with Gasteiger partial charge in [-0.05, 0) is 26.0 Å². The predicted molar refractivity (Wildman–Crippen MR) is 73.9 cm³/mol. The van der Waals surface area contributed by atoms with E-state index in [1.54, 1.807) is 12.1 Å². The Morgan fingerprint density at radius 3 is 2.95 bits per heavy atom. The smallest absolute Gasteiger partial charge is 0.164 e. The van der Waals surface area contributed by atoms with Gasteiger partial charge < -0.3 is 5.32 Å². The molecule has 1 heterocycles. The van der Waals surface area contributed by atoms with E-state index in [4.69, 9.17) is 0 Å². The number of hydrogen-bond donors (Lipinski definition) is 1. The van der Waals surface area contributed by atoms with Crippen LogP contribution in [0.2, 0.25) is 0 Å². The van der Waals surface area contributed by atoms with Crippen LogP contribution in [0.4, 0.5) is 4.39 Å². The maximum atomic E-state index is 13.1. The van der Waals surface area contributed by atoms with Crippen LogP contribution in [0.5, 0.6) is 0 Å². The molecule has 1 aromatic carbocycles. The Morgan fingerprint density at radius 1 is 1.47 bits per heavy atom.